The number of H-pyrrole nitrogens is 1. The Bertz CT molecular complexity index is 259. The molecule has 0 radical (unpaired) electrons. The van der Waals surface area contributed by atoms with E-state index in [4.69, 9.17) is 10.8 Å². The summed E-state index contributed by atoms with van der Waals surface area (Å²) in [7, 11) is 0. The van der Waals surface area contributed by atoms with Gasteiger partial charge >= 0.3 is 5.97 Å². The van der Waals surface area contributed by atoms with Gasteiger partial charge in [0.25, 0.3) is 0 Å². The Hall–Kier alpha value is -1.40. The number of aromatic amines is 1. The molecule has 66 valence electrons. The number of hydrogen-bond acceptors (Lipinski definition) is 4. The second-order valence-corrected chi connectivity index (χ2v) is 2.34. The van der Waals surface area contributed by atoms with Gasteiger partial charge in [0.05, 0.1) is 6.20 Å². The zero-order valence-corrected chi connectivity index (χ0v) is 6.14. The van der Waals surface area contributed by atoms with Gasteiger partial charge in [-0.25, -0.2) is 0 Å². The first-order valence-electron chi connectivity index (χ1n) is 3.28. The van der Waals surface area contributed by atoms with Crippen LogP contribution < -0.4 is 5.73 Å². The van der Waals surface area contributed by atoms with Crippen molar-refractivity contribution < 1.29 is 15.0 Å². The summed E-state index contributed by atoms with van der Waals surface area (Å²) in [6, 6.07) is -1.32. The fraction of sp³-hybridized carbons (Fsp3) is 0.333. The van der Waals surface area contributed by atoms with Crippen LogP contribution in [-0.4, -0.2) is 32.4 Å². The van der Waals surface area contributed by atoms with Gasteiger partial charge in [-0.2, -0.15) is 5.10 Å². The number of nitrogens with one attached hydrogen (secondary N) is 1. The summed E-state index contributed by atoms with van der Waals surface area (Å²) >= 11 is 0. The molecule has 0 aliphatic heterocycles. The highest BCUT2D eigenvalue weighted by molar-refractivity contribution is 5.74. The van der Waals surface area contributed by atoms with Crippen molar-refractivity contribution in [2.24, 2.45) is 5.73 Å². The van der Waals surface area contributed by atoms with E-state index < -0.39 is 18.1 Å². The Morgan fingerprint density at radius 2 is 2.42 bits per heavy atom. The molecule has 1 heterocycles. The number of nitrogens with zero attached hydrogens (tertiary/aromatic N) is 1. The zero-order chi connectivity index (χ0) is 9.14. The summed E-state index contributed by atoms with van der Waals surface area (Å²) in [5.74, 6) is -1.25. The number of aliphatic hydroxyl groups is 1. The van der Waals surface area contributed by atoms with Crippen LogP contribution in [0.25, 0.3) is 0 Å². The normalized spacial score (nSPS) is 15.5. The number of carbonyl (C=O) groups is 1. The van der Waals surface area contributed by atoms with Crippen molar-refractivity contribution in [1.82, 2.24) is 10.2 Å². The SMILES string of the molecule is NC(C(=O)O)C(O)c1cn[nH]c1. The number of aromatic nitrogens is 2. The van der Waals surface area contributed by atoms with Gasteiger partial charge in [0.1, 0.15) is 12.1 Å². The number of rotatable bonds is 3. The van der Waals surface area contributed by atoms with Crippen LogP contribution in [0.3, 0.4) is 0 Å². The predicted octanol–water partition coefficient (Wildman–Crippen LogP) is -1.15. The summed E-state index contributed by atoms with van der Waals surface area (Å²) in [5.41, 5.74) is 5.53. The molecule has 2 atom stereocenters. The molecule has 12 heavy (non-hydrogen) atoms. The van der Waals surface area contributed by atoms with E-state index in [0.29, 0.717) is 5.56 Å². The van der Waals surface area contributed by atoms with Crippen LogP contribution >= 0.6 is 0 Å². The van der Waals surface area contributed by atoms with Gasteiger partial charge in [0.15, 0.2) is 0 Å². The van der Waals surface area contributed by atoms with Gasteiger partial charge in [-0.1, -0.05) is 0 Å². The quantitative estimate of drug-likeness (QED) is 0.459. The Balaban J connectivity index is 2.71. The van der Waals surface area contributed by atoms with Crippen molar-refractivity contribution in [3.8, 4) is 0 Å². The largest absolute Gasteiger partial charge is 0.480 e. The predicted molar refractivity (Wildman–Crippen MR) is 39.2 cm³/mol. The zero-order valence-electron chi connectivity index (χ0n) is 6.14. The molecule has 0 saturated carbocycles. The minimum absolute atomic E-state index is 0.366. The number of carboxylic acid groups (broad SMARTS) is 1. The molecule has 2 unspecified atom stereocenters. The Morgan fingerprint density at radius 3 is 2.83 bits per heavy atom. The summed E-state index contributed by atoms with van der Waals surface area (Å²) in [6.45, 7) is 0. The van der Waals surface area contributed by atoms with Gasteiger partial charge in [-0.3, -0.25) is 9.89 Å². The lowest BCUT2D eigenvalue weighted by atomic mass is 10.1. The average molecular weight is 171 g/mol. The highest BCUT2D eigenvalue weighted by atomic mass is 16.4. The Kier molecular flexibility index (Phi) is 2.41. The smallest absolute Gasteiger partial charge is 0.323 e. The van der Waals surface area contributed by atoms with E-state index >= 15 is 0 Å². The number of aliphatic hydroxyl groups excluding tert-OH is 1. The third-order valence-electron chi connectivity index (χ3n) is 1.49. The molecule has 0 aliphatic carbocycles. The topological polar surface area (TPSA) is 112 Å². The third-order valence-corrected chi connectivity index (χ3v) is 1.49. The van der Waals surface area contributed by atoms with Crippen molar-refractivity contribution in [2.45, 2.75) is 12.1 Å². The van der Waals surface area contributed by atoms with E-state index in [1.807, 2.05) is 0 Å². The summed E-state index contributed by atoms with van der Waals surface area (Å²) < 4.78 is 0. The van der Waals surface area contributed by atoms with Crippen molar-refractivity contribution >= 4 is 5.97 Å². The molecule has 0 amide bonds. The number of nitrogens with two attached hydrogens (primary N) is 1. The summed E-state index contributed by atoms with van der Waals surface area (Å²) in [4.78, 5) is 10.3. The molecule has 5 N–H and O–H groups in total. The molecule has 0 aromatic carbocycles. The molecule has 0 spiro atoms. The maximum absolute atomic E-state index is 10.3. The van der Waals surface area contributed by atoms with Gasteiger partial charge in [0.2, 0.25) is 0 Å². The van der Waals surface area contributed by atoms with Gasteiger partial charge in [-0.15, -0.1) is 0 Å². The molecule has 1 aromatic heterocycles. The molecular weight excluding hydrogens is 162 g/mol. The first-order valence-corrected chi connectivity index (χ1v) is 3.28. The fourth-order valence-electron chi connectivity index (χ4n) is 0.765. The van der Waals surface area contributed by atoms with E-state index in [-0.39, 0.29) is 0 Å². The number of carboxylic acids is 1. The highest BCUT2D eigenvalue weighted by Crippen LogP contribution is 2.12. The molecule has 0 saturated heterocycles. The van der Waals surface area contributed by atoms with Crippen molar-refractivity contribution in [3.05, 3.63) is 18.0 Å². The van der Waals surface area contributed by atoms with E-state index in [2.05, 4.69) is 10.2 Å². The van der Waals surface area contributed by atoms with E-state index in [9.17, 15) is 9.90 Å². The lowest BCUT2D eigenvalue weighted by Gasteiger charge is -2.11. The molecular formula is C6H9N3O3. The molecule has 0 aliphatic rings. The summed E-state index contributed by atoms with van der Waals surface area (Å²) in [5, 5.41) is 23.7. The van der Waals surface area contributed by atoms with Crippen LogP contribution in [0.1, 0.15) is 11.7 Å². The van der Waals surface area contributed by atoms with Gasteiger partial charge in [-0.05, 0) is 0 Å². The van der Waals surface area contributed by atoms with Gasteiger partial charge in [0, 0.05) is 11.8 Å². The first-order chi connectivity index (χ1) is 5.63. The van der Waals surface area contributed by atoms with Crippen molar-refractivity contribution in [2.75, 3.05) is 0 Å². The maximum Gasteiger partial charge on any atom is 0.323 e. The van der Waals surface area contributed by atoms with E-state index in [0.717, 1.165) is 0 Å². The monoisotopic (exact) mass is 171 g/mol. The van der Waals surface area contributed by atoms with Gasteiger partial charge < -0.3 is 15.9 Å². The van der Waals surface area contributed by atoms with E-state index in [1.165, 1.54) is 12.4 Å². The lowest BCUT2D eigenvalue weighted by Crippen LogP contribution is -2.36. The number of aliphatic carboxylic acids is 1. The fourth-order valence-corrected chi connectivity index (χ4v) is 0.765. The third kappa shape index (κ3) is 1.60. The van der Waals surface area contributed by atoms with Crippen LogP contribution in [0.4, 0.5) is 0 Å². The van der Waals surface area contributed by atoms with Crippen LogP contribution in [0.5, 0.6) is 0 Å². The first kappa shape index (κ1) is 8.69. The lowest BCUT2D eigenvalue weighted by molar-refractivity contribution is -0.141. The maximum atomic E-state index is 10.3. The minimum Gasteiger partial charge on any atom is -0.480 e. The molecule has 0 bridgehead atoms. The molecule has 6 heteroatoms. The molecule has 6 nitrogen and oxygen atoms in total. The Morgan fingerprint density at radius 1 is 1.75 bits per heavy atom. The van der Waals surface area contributed by atoms with Crippen molar-refractivity contribution in [1.29, 1.82) is 0 Å². The van der Waals surface area contributed by atoms with Crippen molar-refractivity contribution in [3.63, 3.8) is 0 Å². The minimum atomic E-state index is -1.32. The Labute approximate surface area is 68.0 Å². The van der Waals surface area contributed by atoms with Crippen LogP contribution in [0, 0.1) is 0 Å². The van der Waals surface area contributed by atoms with Crippen LogP contribution in [-0.2, 0) is 4.79 Å². The average Bonchev–Trinajstić information content (AvgIpc) is 2.53. The van der Waals surface area contributed by atoms with Crippen LogP contribution in [0.2, 0.25) is 0 Å². The molecule has 0 fully saturated rings. The standard InChI is InChI=1S/C6H9N3O3/c7-4(6(11)12)5(10)3-1-8-9-2-3/h1-2,4-5,10H,7H2,(H,8,9)(H,11,12). The van der Waals surface area contributed by atoms with E-state index in [1.54, 1.807) is 0 Å². The van der Waals surface area contributed by atoms with Crippen LogP contribution in [0.15, 0.2) is 12.4 Å². The highest BCUT2D eigenvalue weighted by Gasteiger charge is 2.23. The second kappa shape index (κ2) is 3.33. The number of hydrogen-bond donors (Lipinski definition) is 4. The molecule has 1 aromatic rings. The molecule has 1 rings (SSSR count). The second-order valence-electron chi connectivity index (χ2n) is 2.34. The summed E-state index contributed by atoms with van der Waals surface area (Å²) in [6.07, 6.45) is 1.50.